The summed E-state index contributed by atoms with van der Waals surface area (Å²) in [6.45, 7) is 6.44. The van der Waals surface area contributed by atoms with Crippen molar-refractivity contribution >= 4 is 34.5 Å². The molecule has 0 aliphatic carbocycles. The van der Waals surface area contributed by atoms with Crippen molar-refractivity contribution < 1.29 is 4.79 Å². The van der Waals surface area contributed by atoms with Crippen LogP contribution in [-0.2, 0) is 10.2 Å². The van der Waals surface area contributed by atoms with E-state index >= 15 is 0 Å². The SMILES string of the molecule is CC(C)(C)c1ccc(C(Nc2cccc(Cl)c2)C(N)=O)s1. The van der Waals surface area contributed by atoms with Crippen LogP contribution in [0.3, 0.4) is 0 Å². The van der Waals surface area contributed by atoms with Gasteiger partial charge in [0.25, 0.3) is 0 Å². The number of primary amides is 1. The van der Waals surface area contributed by atoms with Crippen LogP contribution < -0.4 is 11.1 Å². The number of benzene rings is 1. The Labute approximate surface area is 134 Å². The Morgan fingerprint density at radius 2 is 2.00 bits per heavy atom. The fourth-order valence-electron chi connectivity index (χ4n) is 1.94. The molecule has 0 bridgehead atoms. The van der Waals surface area contributed by atoms with Gasteiger partial charge in [-0.2, -0.15) is 0 Å². The molecule has 0 aliphatic rings. The molecule has 2 rings (SSSR count). The Kier molecular flexibility index (Phi) is 4.59. The molecule has 0 radical (unpaired) electrons. The molecule has 1 atom stereocenters. The molecule has 3 nitrogen and oxygen atoms in total. The molecular formula is C16H19ClN2OS. The Bertz CT molecular complexity index is 646. The normalized spacial score (nSPS) is 13.0. The van der Waals surface area contributed by atoms with E-state index in [1.165, 1.54) is 4.88 Å². The molecule has 1 unspecified atom stereocenters. The molecule has 0 saturated heterocycles. The molecule has 0 aliphatic heterocycles. The molecule has 1 heterocycles. The van der Waals surface area contributed by atoms with Crippen LogP contribution in [-0.4, -0.2) is 5.91 Å². The maximum Gasteiger partial charge on any atom is 0.245 e. The molecule has 1 amide bonds. The van der Waals surface area contributed by atoms with Crippen LogP contribution in [0.1, 0.15) is 36.6 Å². The third-order valence-electron chi connectivity index (χ3n) is 3.07. The zero-order chi connectivity index (χ0) is 15.6. The van der Waals surface area contributed by atoms with E-state index in [0.717, 1.165) is 10.6 Å². The number of carbonyl (C=O) groups excluding carboxylic acids is 1. The van der Waals surface area contributed by atoms with Crippen LogP contribution in [0.15, 0.2) is 36.4 Å². The van der Waals surface area contributed by atoms with Crippen LogP contribution in [0.5, 0.6) is 0 Å². The number of amides is 1. The van der Waals surface area contributed by atoms with Crippen molar-refractivity contribution in [2.75, 3.05) is 5.32 Å². The van der Waals surface area contributed by atoms with Gasteiger partial charge in [0.1, 0.15) is 6.04 Å². The molecule has 1 aromatic carbocycles. The third kappa shape index (κ3) is 3.99. The topological polar surface area (TPSA) is 55.1 Å². The fourth-order valence-corrected chi connectivity index (χ4v) is 3.25. The quantitative estimate of drug-likeness (QED) is 0.879. The van der Waals surface area contributed by atoms with Crippen LogP contribution in [0, 0.1) is 0 Å². The second-order valence-corrected chi connectivity index (χ2v) is 7.49. The Morgan fingerprint density at radius 1 is 1.29 bits per heavy atom. The van der Waals surface area contributed by atoms with Gasteiger partial charge >= 0.3 is 0 Å². The van der Waals surface area contributed by atoms with Gasteiger partial charge in [0.15, 0.2) is 0 Å². The number of hydrogen-bond donors (Lipinski definition) is 2. The van der Waals surface area contributed by atoms with E-state index in [2.05, 4.69) is 32.2 Å². The molecular weight excluding hydrogens is 304 g/mol. The smallest absolute Gasteiger partial charge is 0.245 e. The average Bonchev–Trinajstić information content (AvgIpc) is 2.84. The molecule has 21 heavy (non-hydrogen) atoms. The van der Waals surface area contributed by atoms with Gasteiger partial charge in [-0.15, -0.1) is 11.3 Å². The van der Waals surface area contributed by atoms with Crippen molar-refractivity contribution in [3.8, 4) is 0 Å². The number of nitrogens with two attached hydrogens (primary N) is 1. The van der Waals surface area contributed by atoms with E-state index in [4.69, 9.17) is 17.3 Å². The number of anilines is 1. The third-order valence-corrected chi connectivity index (χ3v) is 4.88. The van der Waals surface area contributed by atoms with E-state index in [-0.39, 0.29) is 5.41 Å². The highest BCUT2D eigenvalue weighted by atomic mass is 35.5. The summed E-state index contributed by atoms with van der Waals surface area (Å²) >= 11 is 7.57. The van der Waals surface area contributed by atoms with E-state index in [0.29, 0.717) is 5.02 Å². The summed E-state index contributed by atoms with van der Waals surface area (Å²) in [7, 11) is 0. The first-order valence-electron chi connectivity index (χ1n) is 6.69. The van der Waals surface area contributed by atoms with Crippen molar-refractivity contribution in [1.82, 2.24) is 0 Å². The molecule has 2 aromatic rings. The maximum atomic E-state index is 11.8. The minimum atomic E-state index is -0.551. The highest BCUT2D eigenvalue weighted by molar-refractivity contribution is 7.12. The number of halogens is 1. The van der Waals surface area contributed by atoms with Crippen LogP contribution in [0.4, 0.5) is 5.69 Å². The van der Waals surface area contributed by atoms with Crippen molar-refractivity contribution in [2.24, 2.45) is 5.73 Å². The molecule has 5 heteroatoms. The van der Waals surface area contributed by atoms with Gasteiger partial charge in [0, 0.05) is 20.5 Å². The molecule has 112 valence electrons. The summed E-state index contributed by atoms with van der Waals surface area (Å²) in [4.78, 5) is 13.9. The Morgan fingerprint density at radius 3 is 2.52 bits per heavy atom. The first kappa shape index (κ1) is 15.9. The molecule has 3 N–H and O–H groups in total. The zero-order valence-electron chi connectivity index (χ0n) is 12.3. The lowest BCUT2D eigenvalue weighted by Gasteiger charge is -2.17. The highest BCUT2D eigenvalue weighted by Gasteiger charge is 2.23. The zero-order valence-corrected chi connectivity index (χ0v) is 13.9. The van der Waals surface area contributed by atoms with E-state index in [1.54, 1.807) is 23.5 Å². The van der Waals surface area contributed by atoms with E-state index in [1.807, 2.05) is 18.2 Å². The van der Waals surface area contributed by atoms with Gasteiger partial charge in [-0.1, -0.05) is 38.4 Å². The Hall–Kier alpha value is -1.52. The monoisotopic (exact) mass is 322 g/mol. The van der Waals surface area contributed by atoms with Crippen molar-refractivity contribution in [2.45, 2.75) is 32.2 Å². The lowest BCUT2D eigenvalue weighted by atomic mass is 9.95. The van der Waals surface area contributed by atoms with Crippen molar-refractivity contribution in [1.29, 1.82) is 0 Å². The van der Waals surface area contributed by atoms with Crippen molar-refractivity contribution in [3.63, 3.8) is 0 Å². The number of rotatable bonds is 4. The number of carbonyl (C=O) groups is 1. The average molecular weight is 323 g/mol. The lowest BCUT2D eigenvalue weighted by Crippen LogP contribution is -2.27. The lowest BCUT2D eigenvalue weighted by molar-refractivity contribution is -0.118. The summed E-state index contributed by atoms with van der Waals surface area (Å²) in [6.07, 6.45) is 0. The second-order valence-electron chi connectivity index (χ2n) is 5.94. The van der Waals surface area contributed by atoms with Crippen LogP contribution >= 0.6 is 22.9 Å². The van der Waals surface area contributed by atoms with E-state index in [9.17, 15) is 4.79 Å². The molecule has 0 saturated carbocycles. The molecule has 0 fully saturated rings. The number of hydrogen-bond acceptors (Lipinski definition) is 3. The summed E-state index contributed by atoms with van der Waals surface area (Å²) in [5, 5.41) is 3.77. The first-order valence-corrected chi connectivity index (χ1v) is 7.88. The Balaban J connectivity index is 2.27. The maximum absolute atomic E-state index is 11.8. The van der Waals surface area contributed by atoms with Gasteiger partial charge in [-0.25, -0.2) is 0 Å². The largest absolute Gasteiger partial charge is 0.369 e. The van der Waals surface area contributed by atoms with Gasteiger partial charge in [-0.3, -0.25) is 4.79 Å². The number of thiophene rings is 1. The summed E-state index contributed by atoms with van der Waals surface area (Å²) in [5.74, 6) is -0.405. The minimum Gasteiger partial charge on any atom is -0.369 e. The predicted octanol–water partition coefficient (Wildman–Crippen LogP) is 4.34. The molecule has 1 aromatic heterocycles. The minimum absolute atomic E-state index is 0.0567. The van der Waals surface area contributed by atoms with E-state index < -0.39 is 11.9 Å². The summed E-state index contributed by atoms with van der Waals surface area (Å²) < 4.78 is 0. The standard InChI is InChI=1S/C16H19ClN2OS/c1-16(2,3)13-8-7-12(21-13)14(15(18)20)19-11-6-4-5-10(17)9-11/h4-9,14,19H,1-3H3,(H2,18,20). The first-order chi connectivity index (χ1) is 9.77. The van der Waals surface area contributed by atoms with Gasteiger partial charge < -0.3 is 11.1 Å². The molecule has 0 spiro atoms. The van der Waals surface area contributed by atoms with Crippen molar-refractivity contribution in [3.05, 3.63) is 51.2 Å². The van der Waals surface area contributed by atoms with Gasteiger partial charge in [0.05, 0.1) is 0 Å². The predicted molar refractivity (Wildman–Crippen MR) is 90.0 cm³/mol. The highest BCUT2D eigenvalue weighted by Crippen LogP contribution is 2.33. The summed E-state index contributed by atoms with van der Waals surface area (Å²) in [5.41, 5.74) is 6.38. The van der Waals surface area contributed by atoms with Crippen LogP contribution in [0.25, 0.3) is 0 Å². The van der Waals surface area contributed by atoms with Gasteiger partial charge in [0.2, 0.25) is 5.91 Å². The second kappa shape index (κ2) is 6.08. The summed E-state index contributed by atoms with van der Waals surface area (Å²) in [6, 6.07) is 10.7. The number of nitrogens with one attached hydrogen (secondary N) is 1. The van der Waals surface area contributed by atoms with Gasteiger partial charge in [-0.05, 0) is 35.7 Å². The fraction of sp³-hybridized carbons (Fsp3) is 0.312. The van der Waals surface area contributed by atoms with Crippen LogP contribution in [0.2, 0.25) is 5.02 Å².